The second-order valence-corrected chi connectivity index (χ2v) is 4.59. The summed E-state index contributed by atoms with van der Waals surface area (Å²) in [5, 5.41) is 3.33. The first-order valence-corrected chi connectivity index (χ1v) is 6.46. The molecule has 0 bridgehead atoms. The van der Waals surface area contributed by atoms with Gasteiger partial charge in [0.1, 0.15) is 5.69 Å². The fourth-order valence-corrected chi connectivity index (χ4v) is 1.81. The number of nitrogens with zero attached hydrogens (tertiary/aromatic N) is 1. The van der Waals surface area contributed by atoms with Gasteiger partial charge in [0.2, 0.25) is 5.76 Å². The summed E-state index contributed by atoms with van der Waals surface area (Å²) in [7, 11) is 0. The molecule has 0 aliphatic heterocycles. The monoisotopic (exact) mass is 353 g/mol. The summed E-state index contributed by atoms with van der Waals surface area (Å²) >= 11 is 0. The molecule has 0 amide bonds. The Hall–Kier alpha value is -2.52. The minimum absolute atomic E-state index is 0.00413. The Kier molecular flexibility index (Phi) is 4.59. The van der Waals surface area contributed by atoms with Crippen molar-refractivity contribution in [1.29, 1.82) is 0 Å². The largest absolute Gasteiger partial charge is 0.460 e. The van der Waals surface area contributed by atoms with Crippen LogP contribution in [0.1, 0.15) is 28.6 Å². The molecule has 0 aliphatic rings. The van der Waals surface area contributed by atoms with Gasteiger partial charge in [0.05, 0.1) is 17.7 Å². The lowest BCUT2D eigenvalue weighted by Crippen LogP contribution is -2.11. The third-order valence-corrected chi connectivity index (χ3v) is 2.87. The van der Waals surface area contributed by atoms with E-state index >= 15 is 0 Å². The van der Waals surface area contributed by atoms with E-state index < -0.39 is 40.8 Å². The van der Waals surface area contributed by atoms with Crippen molar-refractivity contribution in [3.05, 3.63) is 41.2 Å². The first-order chi connectivity index (χ1) is 11.0. The van der Waals surface area contributed by atoms with Crippen molar-refractivity contribution in [3.8, 4) is 11.3 Å². The minimum atomic E-state index is -4.98. The van der Waals surface area contributed by atoms with Crippen LogP contribution >= 0.6 is 0 Å². The van der Waals surface area contributed by atoms with Crippen LogP contribution in [0.3, 0.4) is 0 Å². The van der Waals surface area contributed by atoms with Crippen molar-refractivity contribution >= 4 is 5.97 Å². The van der Waals surface area contributed by atoms with Crippen LogP contribution in [0.25, 0.3) is 11.3 Å². The van der Waals surface area contributed by atoms with E-state index in [2.05, 4.69) is 14.4 Å². The highest BCUT2D eigenvalue weighted by Crippen LogP contribution is 2.38. The third kappa shape index (κ3) is 3.87. The summed E-state index contributed by atoms with van der Waals surface area (Å²) < 4.78 is 86.0. The molecule has 0 saturated carbocycles. The Labute approximate surface area is 131 Å². The maximum Gasteiger partial charge on any atom is 0.416 e. The average molecular weight is 353 g/mol. The van der Waals surface area contributed by atoms with Crippen LogP contribution in [0.2, 0.25) is 0 Å². The van der Waals surface area contributed by atoms with Gasteiger partial charge in [-0.05, 0) is 25.1 Å². The van der Waals surface area contributed by atoms with E-state index in [9.17, 15) is 31.1 Å². The number of esters is 1. The topological polar surface area (TPSA) is 52.3 Å². The second-order valence-electron chi connectivity index (χ2n) is 4.59. The molecule has 0 atom stereocenters. The summed E-state index contributed by atoms with van der Waals surface area (Å²) in [6.07, 6.45) is -9.96. The number of aromatic nitrogens is 1. The van der Waals surface area contributed by atoms with E-state index in [1.54, 1.807) is 0 Å². The Morgan fingerprint density at radius 1 is 1.04 bits per heavy atom. The van der Waals surface area contributed by atoms with Crippen molar-refractivity contribution in [2.24, 2.45) is 0 Å². The van der Waals surface area contributed by atoms with Crippen LogP contribution in [0, 0.1) is 0 Å². The number of hydrogen-bond acceptors (Lipinski definition) is 4. The van der Waals surface area contributed by atoms with Crippen molar-refractivity contribution in [3.63, 3.8) is 0 Å². The second kappa shape index (κ2) is 6.17. The lowest BCUT2D eigenvalue weighted by Gasteiger charge is -2.13. The maximum atomic E-state index is 12.8. The normalized spacial score (nSPS) is 12.3. The van der Waals surface area contributed by atoms with Gasteiger partial charge in [-0.15, -0.1) is 0 Å². The van der Waals surface area contributed by atoms with E-state index in [0.29, 0.717) is 12.1 Å². The zero-order chi connectivity index (χ0) is 18.1. The van der Waals surface area contributed by atoms with E-state index in [4.69, 9.17) is 0 Å². The van der Waals surface area contributed by atoms with Gasteiger partial charge < -0.3 is 9.26 Å². The van der Waals surface area contributed by atoms with Crippen molar-refractivity contribution in [2.45, 2.75) is 19.3 Å². The molecule has 2 rings (SSSR count). The Balaban J connectivity index is 2.52. The minimum Gasteiger partial charge on any atom is -0.460 e. The summed E-state index contributed by atoms with van der Waals surface area (Å²) in [6, 6.07) is 1.88. The summed E-state index contributed by atoms with van der Waals surface area (Å²) in [5.74, 6) is -1.36. The summed E-state index contributed by atoms with van der Waals surface area (Å²) in [6.45, 7) is 1.52. The molecule has 130 valence electrons. The van der Waals surface area contributed by atoms with E-state index in [-0.39, 0.29) is 18.4 Å². The molecule has 0 N–H and O–H groups in total. The number of ether oxygens (including phenoxy) is 1. The van der Waals surface area contributed by atoms with Crippen molar-refractivity contribution < 1.29 is 40.4 Å². The predicted molar refractivity (Wildman–Crippen MR) is 67.9 cm³/mol. The number of halogens is 6. The highest BCUT2D eigenvalue weighted by atomic mass is 19.4. The molecule has 0 saturated heterocycles. The van der Waals surface area contributed by atoms with Crippen LogP contribution in [0.4, 0.5) is 26.3 Å². The van der Waals surface area contributed by atoms with Crippen molar-refractivity contribution in [1.82, 2.24) is 5.16 Å². The van der Waals surface area contributed by atoms with Gasteiger partial charge in [-0.3, -0.25) is 0 Å². The Bertz CT molecular complexity index is 715. The molecule has 0 unspecified atom stereocenters. The smallest absolute Gasteiger partial charge is 0.416 e. The molecule has 1 aromatic heterocycles. The lowest BCUT2D eigenvalue weighted by molar-refractivity contribution is -0.143. The quantitative estimate of drug-likeness (QED) is 0.600. The number of carbonyl (C=O) groups is 1. The van der Waals surface area contributed by atoms with Crippen LogP contribution < -0.4 is 0 Å². The molecule has 0 radical (unpaired) electrons. The van der Waals surface area contributed by atoms with Gasteiger partial charge in [-0.25, -0.2) is 4.79 Å². The van der Waals surface area contributed by atoms with Gasteiger partial charge in [-0.1, -0.05) is 5.16 Å². The average Bonchev–Trinajstić information content (AvgIpc) is 2.95. The summed E-state index contributed by atoms with van der Waals surface area (Å²) in [5.41, 5.74) is -3.83. The molecule has 24 heavy (non-hydrogen) atoms. The molecule has 0 aliphatic carbocycles. The zero-order valence-corrected chi connectivity index (χ0v) is 12.0. The number of carbonyl (C=O) groups excluding carboxylic acids is 1. The number of alkyl halides is 6. The molecule has 2 aromatic rings. The SMILES string of the molecule is CCOC(=O)c1cc(-c2cc(C(F)(F)F)cc(C(F)(F)F)c2)no1. The van der Waals surface area contributed by atoms with Crippen molar-refractivity contribution in [2.75, 3.05) is 6.61 Å². The zero-order valence-electron chi connectivity index (χ0n) is 12.0. The lowest BCUT2D eigenvalue weighted by atomic mass is 10.0. The molecule has 0 spiro atoms. The number of rotatable bonds is 3. The molecule has 1 aromatic carbocycles. The van der Waals surface area contributed by atoms with E-state index in [1.807, 2.05) is 0 Å². The Morgan fingerprint density at radius 3 is 2.04 bits per heavy atom. The molecule has 4 nitrogen and oxygen atoms in total. The van der Waals surface area contributed by atoms with E-state index in [0.717, 1.165) is 6.07 Å². The standard InChI is InChI=1S/C14H9F6NO3/c1-2-23-12(22)11-6-10(21-24-11)7-3-8(13(15,16)17)5-9(4-7)14(18,19)20/h3-6H,2H2,1H3. The molecular weight excluding hydrogens is 344 g/mol. The fourth-order valence-electron chi connectivity index (χ4n) is 1.81. The fraction of sp³-hybridized carbons (Fsp3) is 0.286. The Morgan fingerprint density at radius 2 is 1.58 bits per heavy atom. The van der Waals surface area contributed by atoms with Gasteiger partial charge in [-0.2, -0.15) is 26.3 Å². The number of benzene rings is 1. The first-order valence-electron chi connectivity index (χ1n) is 6.46. The van der Waals surface area contributed by atoms with Gasteiger partial charge >= 0.3 is 18.3 Å². The third-order valence-electron chi connectivity index (χ3n) is 2.87. The summed E-state index contributed by atoms with van der Waals surface area (Å²) in [4.78, 5) is 11.4. The van der Waals surface area contributed by atoms with Gasteiger partial charge in [0.15, 0.2) is 0 Å². The molecular formula is C14H9F6NO3. The molecule has 10 heteroatoms. The van der Waals surface area contributed by atoms with Crippen LogP contribution in [0.5, 0.6) is 0 Å². The highest BCUT2D eigenvalue weighted by Gasteiger charge is 2.37. The van der Waals surface area contributed by atoms with Crippen LogP contribution in [-0.2, 0) is 17.1 Å². The van der Waals surface area contributed by atoms with Gasteiger partial charge in [0.25, 0.3) is 0 Å². The maximum absolute atomic E-state index is 12.8. The first kappa shape index (κ1) is 17.8. The van der Waals surface area contributed by atoms with Crippen LogP contribution in [-0.4, -0.2) is 17.7 Å². The van der Waals surface area contributed by atoms with Gasteiger partial charge in [0, 0.05) is 11.6 Å². The molecule has 1 heterocycles. The molecule has 0 fully saturated rings. The van der Waals surface area contributed by atoms with E-state index in [1.165, 1.54) is 6.92 Å². The highest BCUT2D eigenvalue weighted by molar-refractivity contribution is 5.87. The number of hydrogen-bond donors (Lipinski definition) is 0. The predicted octanol–water partition coefficient (Wildman–Crippen LogP) is 4.56. The van der Waals surface area contributed by atoms with Crippen LogP contribution in [0.15, 0.2) is 28.8 Å².